The van der Waals surface area contributed by atoms with Gasteiger partial charge in [-0.25, -0.2) is 0 Å². The van der Waals surface area contributed by atoms with Crippen molar-refractivity contribution in [3.63, 3.8) is 0 Å². The van der Waals surface area contributed by atoms with E-state index in [0.717, 1.165) is 36.1 Å². The molecule has 1 aliphatic carbocycles. The topological polar surface area (TPSA) is 86.1 Å². The molecule has 0 spiro atoms. The standard InChI is InChI=1S/C18H18N4O2S/c1-22(10-8-19)18(24)15-13-6-2-3-7-14(13)25-17(15)21-16(23)12-5-4-9-20-11-12/h4-5,9,11H,2-3,6-7,10H2,1H3,(H,21,23). The Bertz CT molecular complexity index is 839. The van der Waals surface area contributed by atoms with Crippen LogP contribution in [0.1, 0.15) is 44.0 Å². The summed E-state index contributed by atoms with van der Waals surface area (Å²) in [7, 11) is 1.60. The Balaban J connectivity index is 1.96. The number of fused-ring (bicyclic) bond motifs is 1. The summed E-state index contributed by atoms with van der Waals surface area (Å²) < 4.78 is 0. The molecule has 0 aliphatic heterocycles. The highest BCUT2D eigenvalue weighted by atomic mass is 32.1. The van der Waals surface area contributed by atoms with Crippen LogP contribution in [0.25, 0.3) is 0 Å². The minimum atomic E-state index is -0.288. The number of hydrogen-bond acceptors (Lipinski definition) is 5. The Kier molecular flexibility index (Phi) is 5.10. The largest absolute Gasteiger partial charge is 0.328 e. The van der Waals surface area contributed by atoms with Crippen LogP contribution in [0.2, 0.25) is 0 Å². The van der Waals surface area contributed by atoms with E-state index in [9.17, 15) is 9.59 Å². The van der Waals surface area contributed by atoms with Crippen LogP contribution < -0.4 is 5.32 Å². The molecule has 0 aromatic carbocycles. The number of rotatable bonds is 4. The molecule has 1 aliphatic rings. The predicted octanol–water partition coefficient (Wildman–Crippen LogP) is 2.87. The van der Waals surface area contributed by atoms with Crippen molar-refractivity contribution in [2.24, 2.45) is 0 Å². The number of nitriles is 1. The number of nitrogens with zero attached hydrogens (tertiary/aromatic N) is 3. The van der Waals surface area contributed by atoms with Crippen LogP contribution in [-0.4, -0.2) is 35.3 Å². The Morgan fingerprint density at radius 1 is 1.40 bits per heavy atom. The van der Waals surface area contributed by atoms with Gasteiger partial charge >= 0.3 is 0 Å². The van der Waals surface area contributed by atoms with Gasteiger partial charge in [0.1, 0.15) is 11.5 Å². The zero-order valence-electron chi connectivity index (χ0n) is 13.9. The molecule has 2 aromatic heterocycles. The highest BCUT2D eigenvalue weighted by Gasteiger charge is 2.28. The van der Waals surface area contributed by atoms with E-state index in [1.165, 1.54) is 22.4 Å². The number of carbonyl (C=O) groups is 2. The Morgan fingerprint density at radius 3 is 2.92 bits per heavy atom. The van der Waals surface area contributed by atoms with Crippen molar-refractivity contribution in [3.8, 4) is 6.07 Å². The van der Waals surface area contributed by atoms with Gasteiger partial charge < -0.3 is 10.2 Å². The van der Waals surface area contributed by atoms with E-state index in [-0.39, 0.29) is 18.4 Å². The third-order valence-electron chi connectivity index (χ3n) is 4.19. The summed E-state index contributed by atoms with van der Waals surface area (Å²) >= 11 is 1.47. The molecule has 3 rings (SSSR count). The second-order valence-electron chi connectivity index (χ2n) is 5.93. The average Bonchev–Trinajstić information content (AvgIpc) is 2.99. The van der Waals surface area contributed by atoms with Crippen molar-refractivity contribution in [2.75, 3.05) is 18.9 Å². The van der Waals surface area contributed by atoms with Gasteiger partial charge in [-0.1, -0.05) is 0 Å². The van der Waals surface area contributed by atoms with Gasteiger partial charge in [0, 0.05) is 24.3 Å². The number of nitrogens with one attached hydrogen (secondary N) is 1. The van der Waals surface area contributed by atoms with Gasteiger partial charge in [0.25, 0.3) is 11.8 Å². The number of aryl methyl sites for hydroxylation is 1. The second-order valence-corrected chi connectivity index (χ2v) is 7.04. The Labute approximate surface area is 150 Å². The van der Waals surface area contributed by atoms with Gasteiger partial charge in [-0.3, -0.25) is 14.6 Å². The second kappa shape index (κ2) is 7.45. The number of carbonyl (C=O) groups excluding carboxylic acids is 2. The van der Waals surface area contributed by atoms with Gasteiger partial charge in [-0.15, -0.1) is 11.3 Å². The lowest BCUT2D eigenvalue weighted by atomic mass is 9.95. The fraction of sp³-hybridized carbons (Fsp3) is 0.333. The maximum absolute atomic E-state index is 12.8. The summed E-state index contributed by atoms with van der Waals surface area (Å²) in [6.45, 7) is 0.0133. The summed E-state index contributed by atoms with van der Waals surface area (Å²) in [5, 5.41) is 12.3. The lowest BCUT2D eigenvalue weighted by Crippen LogP contribution is -2.28. The quantitative estimate of drug-likeness (QED) is 0.856. The van der Waals surface area contributed by atoms with Crippen molar-refractivity contribution in [3.05, 3.63) is 46.1 Å². The van der Waals surface area contributed by atoms with Crippen molar-refractivity contribution >= 4 is 28.2 Å². The highest BCUT2D eigenvalue weighted by Crippen LogP contribution is 2.38. The smallest absolute Gasteiger partial charge is 0.257 e. The third-order valence-corrected chi connectivity index (χ3v) is 5.40. The molecule has 0 bridgehead atoms. The lowest BCUT2D eigenvalue weighted by molar-refractivity contribution is 0.0812. The van der Waals surface area contributed by atoms with Crippen molar-refractivity contribution in [1.29, 1.82) is 5.26 Å². The van der Waals surface area contributed by atoms with Crippen LogP contribution >= 0.6 is 11.3 Å². The summed E-state index contributed by atoms with van der Waals surface area (Å²) in [5.74, 6) is -0.508. The molecule has 25 heavy (non-hydrogen) atoms. The maximum atomic E-state index is 12.8. The number of pyridine rings is 1. The normalized spacial score (nSPS) is 12.8. The Hall–Kier alpha value is -2.72. The van der Waals surface area contributed by atoms with Crippen LogP contribution in [-0.2, 0) is 12.8 Å². The number of aromatic nitrogens is 1. The van der Waals surface area contributed by atoms with E-state index in [0.29, 0.717) is 16.1 Å². The lowest BCUT2D eigenvalue weighted by Gasteiger charge is -2.17. The van der Waals surface area contributed by atoms with Crippen LogP contribution in [0.4, 0.5) is 5.00 Å². The minimum Gasteiger partial charge on any atom is -0.328 e. The van der Waals surface area contributed by atoms with Crippen LogP contribution in [0.15, 0.2) is 24.5 Å². The van der Waals surface area contributed by atoms with Gasteiger partial charge in [0.2, 0.25) is 0 Å². The molecule has 1 N–H and O–H groups in total. The van der Waals surface area contributed by atoms with Gasteiger partial charge in [0.05, 0.1) is 17.2 Å². The SMILES string of the molecule is CN(CC#N)C(=O)c1c(NC(=O)c2cccnc2)sc2c1CCCC2. The first kappa shape index (κ1) is 17.1. The van der Waals surface area contributed by atoms with Gasteiger partial charge in [0.15, 0.2) is 0 Å². The van der Waals surface area contributed by atoms with Gasteiger partial charge in [-0.05, 0) is 43.4 Å². The first-order valence-corrected chi connectivity index (χ1v) is 8.91. The first-order chi connectivity index (χ1) is 12.1. The Morgan fingerprint density at radius 2 is 2.20 bits per heavy atom. The molecule has 2 aromatic rings. The number of anilines is 1. The third kappa shape index (κ3) is 3.54. The fourth-order valence-corrected chi connectivity index (χ4v) is 4.20. The molecule has 0 atom stereocenters. The zero-order chi connectivity index (χ0) is 17.8. The van der Waals surface area contributed by atoms with Crippen molar-refractivity contribution in [1.82, 2.24) is 9.88 Å². The molecular formula is C18H18N4O2S. The van der Waals surface area contributed by atoms with E-state index in [1.807, 2.05) is 6.07 Å². The molecule has 0 fully saturated rings. The van der Waals surface area contributed by atoms with Crippen molar-refractivity contribution in [2.45, 2.75) is 25.7 Å². The molecule has 2 amide bonds. The molecule has 2 heterocycles. The molecule has 0 saturated heterocycles. The molecule has 128 valence electrons. The monoisotopic (exact) mass is 354 g/mol. The van der Waals surface area contributed by atoms with E-state index < -0.39 is 0 Å². The number of amides is 2. The van der Waals surface area contributed by atoms with Crippen molar-refractivity contribution < 1.29 is 9.59 Å². The van der Waals surface area contributed by atoms with E-state index in [2.05, 4.69) is 10.3 Å². The average molecular weight is 354 g/mol. The predicted molar refractivity (Wildman–Crippen MR) is 95.7 cm³/mol. The van der Waals surface area contributed by atoms with Crippen LogP contribution in [0, 0.1) is 11.3 Å². The summed E-state index contributed by atoms with van der Waals surface area (Å²) in [4.78, 5) is 31.8. The summed E-state index contributed by atoms with van der Waals surface area (Å²) in [6.07, 6.45) is 6.97. The van der Waals surface area contributed by atoms with Crippen LogP contribution in [0.5, 0.6) is 0 Å². The molecule has 7 heteroatoms. The van der Waals surface area contributed by atoms with E-state index in [4.69, 9.17) is 5.26 Å². The number of hydrogen-bond donors (Lipinski definition) is 1. The fourth-order valence-electron chi connectivity index (χ4n) is 2.92. The summed E-state index contributed by atoms with van der Waals surface area (Å²) in [5.41, 5.74) is 2.00. The molecular weight excluding hydrogens is 336 g/mol. The highest BCUT2D eigenvalue weighted by molar-refractivity contribution is 7.17. The maximum Gasteiger partial charge on any atom is 0.257 e. The van der Waals surface area contributed by atoms with Crippen LogP contribution in [0.3, 0.4) is 0 Å². The molecule has 0 unspecified atom stereocenters. The van der Waals surface area contributed by atoms with E-state index >= 15 is 0 Å². The zero-order valence-corrected chi connectivity index (χ0v) is 14.7. The molecule has 6 nitrogen and oxygen atoms in total. The van der Waals surface area contributed by atoms with E-state index in [1.54, 1.807) is 25.4 Å². The first-order valence-electron chi connectivity index (χ1n) is 8.10. The molecule has 0 radical (unpaired) electrons. The minimum absolute atomic E-state index is 0.0133. The summed E-state index contributed by atoms with van der Waals surface area (Å²) in [6, 6.07) is 5.36. The number of thiophene rings is 1. The van der Waals surface area contributed by atoms with Gasteiger partial charge in [-0.2, -0.15) is 5.26 Å². The molecule has 0 saturated carbocycles.